The molecular formula is C24H40O5Y2-2. The van der Waals surface area contributed by atoms with E-state index in [1.807, 2.05) is 13.8 Å². The predicted molar refractivity (Wildman–Crippen MR) is 120 cm³/mol. The molecule has 0 aromatic carbocycles. The molecule has 0 saturated carbocycles. The molecule has 0 rings (SSSR count). The number of allylic oxidation sites excluding steroid dienone is 2. The van der Waals surface area contributed by atoms with Crippen LogP contribution >= 0.6 is 0 Å². The van der Waals surface area contributed by atoms with Crippen molar-refractivity contribution in [3.8, 4) is 0 Å². The zero-order chi connectivity index (χ0) is 24.2. The van der Waals surface area contributed by atoms with Gasteiger partial charge in [-0.2, -0.15) is 13.3 Å². The third-order valence-corrected chi connectivity index (χ3v) is 3.60. The summed E-state index contributed by atoms with van der Waals surface area (Å²) in [6.07, 6.45) is 5.23. The topological polar surface area (TPSA) is 85.3 Å². The largest absolute Gasteiger partial charge is 0.335 e. The molecule has 2 radical (unpaired) electrons. The van der Waals surface area contributed by atoms with E-state index in [9.17, 15) is 24.0 Å². The SMILES string of the molecule is C=C(C)C(C)=O.C=CC(C)=O.CCC(C[C-](C)C(C)=O)C(C)=O.CC[CH-]C(C)=O.[Y].[Y]. The first-order valence-electron chi connectivity index (χ1n) is 9.64. The van der Waals surface area contributed by atoms with Gasteiger partial charge in [0.2, 0.25) is 0 Å². The van der Waals surface area contributed by atoms with Gasteiger partial charge in [-0.15, -0.1) is 6.42 Å². The first kappa shape index (κ1) is 44.5. The molecule has 0 aliphatic heterocycles. The van der Waals surface area contributed by atoms with Gasteiger partial charge in [-0.1, -0.05) is 27.0 Å². The monoisotopic (exact) mass is 586 g/mol. The van der Waals surface area contributed by atoms with Crippen molar-refractivity contribution in [1.82, 2.24) is 0 Å². The van der Waals surface area contributed by atoms with Gasteiger partial charge < -0.3 is 21.9 Å². The first-order chi connectivity index (χ1) is 13.2. The smallest absolute Gasteiger partial charge is 0.154 e. The van der Waals surface area contributed by atoms with Crippen molar-refractivity contribution in [2.24, 2.45) is 5.92 Å². The molecule has 0 bridgehead atoms. The number of hydrogen-bond donors (Lipinski definition) is 0. The van der Waals surface area contributed by atoms with Crippen LogP contribution in [0, 0.1) is 18.3 Å². The van der Waals surface area contributed by atoms with E-state index >= 15 is 0 Å². The van der Waals surface area contributed by atoms with E-state index in [-0.39, 0.29) is 100 Å². The van der Waals surface area contributed by atoms with Crippen LogP contribution in [0.4, 0.5) is 0 Å². The van der Waals surface area contributed by atoms with Gasteiger partial charge in [0.15, 0.2) is 11.6 Å². The predicted octanol–water partition coefficient (Wildman–Crippen LogP) is 5.27. The van der Waals surface area contributed by atoms with Crippen molar-refractivity contribution in [2.75, 3.05) is 0 Å². The number of carbonyl (C=O) groups is 5. The maximum absolute atomic E-state index is 11.0. The minimum atomic E-state index is 0. The van der Waals surface area contributed by atoms with Gasteiger partial charge in [0.1, 0.15) is 5.78 Å². The Morgan fingerprint density at radius 3 is 1.39 bits per heavy atom. The van der Waals surface area contributed by atoms with E-state index in [1.165, 1.54) is 19.9 Å². The van der Waals surface area contributed by atoms with E-state index < -0.39 is 0 Å². The van der Waals surface area contributed by atoms with E-state index in [0.29, 0.717) is 12.0 Å². The molecule has 174 valence electrons. The van der Waals surface area contributed by atoms with Crippen molar-refractivity contribution in [2.45, 2.75) is 81.6 Å². The molecule has 0 aliphatic carbocycles. The summed E-state index contributed by atoms with van der Waals surface area (Å²) in [5.41, 5.74) is 0.620. The Hall–Kier alpha value is -0.222. The van der Waals surface area contributed by atoms with Crippen LogP contribution in [0.1, 0.15) is 81.6 Å². The number of Topliss-reactive ketones (excluding diaryl/α,β-unsaturated/α-hetero) is 4. The Labute approximate surface area is 240 Å². The molecule has 0 spiro atoms. The standard InChI is InChI=1S/C10H17O2.C5H8O.C5H9O.C4H6O.2Y/c1-5-10(9(4)12)6-7(2)8(3)11;1-4(2)5(3)6;1-3-4-5(2)6;1-3-4(2)5;;/h10H,5-6H2,1-4H3;1H2,2-3H3;4H,3H2,1-2H3;3H,1H2,2H3;;/q-1;;-1;;;. The molecular weight excluding hydrogens is 546 g/mol. The van der Waals surface area contributed by atoms with Crippen molar-refractivity contribution < 1.29 is 89.4 Å². The average molecular weight is 586 g/mol. The Balaban J connectivity index is -0.0000000708. The summed E-state index contributed by atoms with van der Waals surface area (Å²) >= 11 is 0. The van der Waals surface area contributed by atoms with E-state index in [4.69, 9.17) is 0 Å². The zero-order valence-electron chi connectivity index (χ0n) is 21.0. The molecule has 0 heterocycles. The van der Waals surface area contributed by atoms with Crippen molar-refractivity contribution in [3.63, 3.8) is 0 Å². The first-order valence-corrected chi connectivity index (χ1v) is 9.64. The van der Waals surface area contributed by atoms with Crippen molar-refractivity contribution >= 4 is 28.9 Å². The van der Waals surface area contributed by atoms with Gasteiger partial charge in [-0.25, -0.2) is 0 Å². The van der Waals surface area contributed by atoms with Gasteiger partial charge in [0.05, 0.1) is 0 Å². The summed E-state index contributed by atoms with van der Waals surface area (Å²) in [5, 5.41) is 0. The molecule has 1 unspecified atom stereocenters. The number of hydrogen-bond acceptors (Lipinski definition) is 5. The van der Waals surface area contributed by atoms with E-state index in [2.05, 4.69) is 13.2 Å². The average Bonchev–Trinajstić information content (AvgIpc) is 2.60. The molecule has 0 aliphatic rings. The number of rotatable bonds is 9. The van der Waals surface area contributed by atoms with Crippen LogP contribution in [0.5, 0.6) is 0 Å². The van der Waals surface area contributed by atoms with Crippen LogP contribution in [-0.2, 0) is 89.4 Å². The number of ketones is 5. The fraction of sp³-hybridized carbons (Fsp3) is 0.542. The van der Waals surface area contributed by atoms with Gasteiger partial charge in [-0.3, -0.25) is 14.4 Å². The molecule has 0 aromatic rings. The Kier molecular flexibility index (Phi) is 42.7. The second-order valence-corrected chi connectivity index (χ2v) is 6.63. The van der Waals surface area contributed by atoms with Crippen LogP contribution in [0.15, 0.2) is 24.8 Å². The maximum atomic E-state index is 11.0. The molecule has 31 heavy (non-hydrogen) atoms. The third-order valence-electron chi connectivity index (χ3n) is 3.60. The second-order valence-electron chi connectivity index (χ2n) is 6.63. The molecule has 5 nitrogen and oxygen atoms in total. The molecule has 0 N–H and O–H groups in total. The molecule has 0 fully saturated rings. The van der Waals surface area contributed by atoms with Gasteiger partial charge in [-0.05, 0) is 77.1 Å². The minimum Gasteiger partial charge on any atom is -0.335 e. The van der Waals surface area contributed by atoms with Crippen LogP contribution in [0.3, 0.4) is 0 Å². The molecule has 0 aromatic heterocycles. The van der Waals surface area contributed by atoms with Crippen molar-refractivity contribution in [3.05, 3.63) is 37.1 Å². The zero-order valence-corrected chi connectivity index (χ0v) is 26.6. The summed E-state index contributed by atoms with van der Waals surface area (Å²) in [5.74, 6) is 1.36. The minimum absolute atomic E-state index is 0. The molecule has 7 heteroatoms. The van der Waals surface area contributed by atoms with Gasteiger partial charge in [0, 0.05) is 65.4 Å². The summed E-state index contributed by atoms with van der Waals surface area (Å²) in [4.78, 5) is 51.6. The van der Waals surface area contributed by atoms with Gasteiger partial charge >= 0.3 is 0 Å². The Morgan fingerprint density at radius 1 is 0.935 bits per heavy atom. The molecule has 0 amide bonds. The summed E-state index contributed by atoms with van der Waals surface area (Å²) in [6, 6.07) is 0. The van der Waals surface area contributed by atoms with E-state index in [1.54, 1.807) is 41.0 Å². The normalized spacial score (nSPS) is 8.81. The molecule has 1 atom stereocenters. The quantitative estimate of drug-likeness (QED) is 0.272. The maximum Gasteiger partial charge on any atom is 0.154 e. The summed E-state index contributed by atoms with van der Waals surface area (Å²) < 4.78 is 0. The van der Waals surface area contributed by atoms with Crippen LogP contribution in [-0.4, -0.2) is 28.9 Å². The third kappa shape index (κ3) is 44.3. The summed E-state index contributed by atoms with van der Waals surface area (Å²) in [7, 11) is 0. The van der Waals surface area contributed by atoms with E-state index in [0.717, 1.165) is 18.8 Å². The molecule has 0 saturated heterocycles. The Morgan fingerprint density at radius 2 is 1.29 bits per heavy atom. The van der Waals surface area contributed by atoms with Crippen LogP contribution in [0.25, 0.3) is 0 Å². The second kappa shape index (κ2) is 29.8. The Bertz CT molecular complexity index is 542. The number of carbonyl (C=O) groups excluding carboxylic acids is 5. The summed E-state index contributed by atoms with van der Waals surface area (Å²) in [6.45, 7) is 21.7. The van der Waals surface area contributed by atoms with Gasteiger partial charge in [0.25, 0.3) is 0 Å². The van der Waals surface area contributed by atoms with Crippen LogP contribution in [0.2, 0.25) is 0 Å². The fourth-order valence-corrected chi connectivity index (χ4v) is 1.38. The fourth-order valence-electron chi connectivity index (χ4n) is 1.38. The van der Waals surface area contributed by atoms with Crippen molar-refractivity contribution in [1.29, 1.82) is 0 Å². The van der Waals surface area contributed by atoms with Crippen LogP contribution < -0.4 is 0 Å².